The van der Waals surface area contributed by atoms with Gasteiger partial charge in [-0.05, 0) is 24.4 Å². The molecule has 13 heavy (non-hydrogen) atoms. The van der Waals surface area contributed by atoms with E-state index in [-0.39, 0.29) is 0 Å². The molecule has 0 radical (unpaired) electrons. The fourth-order valence-corrected chi connectivity index (χ4v) is 1.05. The van der Waals surface area contributed by atoms with Crippen LogP contribution in [0.5, 0.6) is 0 Å². The van der Waals surface area contributed by atoms with Crippen molar-refractivity contribution in [3.8, 4) is 0 Å². The number of nitrogens with zero attached hydrogens (tertiary/aromatic N) is 1. The van der Waals surface area contributed by atoms with Gasteiger partial charge in [-0.15, -0.1) is 0 Å². The van der Waals surface area contributed by atoms with E-state index < -0.39 is 0 Å². The third-order valence-electron chi connectivity index (χ3n) is 2.48. The van der Waals surface area contributed by atoms with E-state index in [1.807, 2.05) is 6.07 Å². The fraction of sp³-hybridized carbons (Fsp3) is 0.700. The standard InChI is InChI=1S/C10H19N3/c1-8(2)9(3)6-11-7-10-4-5-12-13-10/h4-5,8-9,11H,6-7H2,1-3H3,(H,12,13). The number of H-pyrrole nitrogens is 1. The van der Waals surface area contributed by atoms with Gasteiger partial charge in [-0.3, -0.25) is 5.10 Å². The van der Waals surface area contributed by atoms with Crippen molar-refractivity contribution in [1.82, 2.24) is 15.5 Å². The van der Waals surface area contributed by atoms with Crippen LogP contribution in [0.1, 0.15) is 26.5 Å². The van der Waals surface area contributed by atoms with Gasteiger partial charge in [-0.25, -0.2) is 0 Å². The van der Waals surface area contributed by atoms with Gasteiger partial charge in [0.05, 0.1) is 0 Å². The molecule has 3 nitrogen and oxygen atoms in total. The van der Waals surface area contributed by atoms with Gasteiger partial charge in [0.2, 0.25) is 0 Å². The SMILES string of the molecule is CC(C)C(C)CNCc1ccn[nH]1. The molecule has 0 saturated carbocycles. The van der Waals surface area contributed by atoms with Crippen LogP contribution in [-0.4, -0.2) is 16.7 Å². The first-order chi connectivity index (χ1) is 6.20. The predicted molar refractivity (Wildman–Crippen MR) is 54.3 cm³/mol. The van der Waals surface area contributed by atoms with Gasteiger partial charge in [-0.1, -0.05) is 20.8 Å². The van der Waals surface area contributed by atoms with E-state index >= 15 is 0 Å². The van der Waals surface area contributed by atoms with Gasteiger partial charge in [0.15, 0.2) is 0 Å². The van der Waals surface area contributed by atoms with Crippen molar-refractivity contribution in [3.63, 3.8) is 0 Å². The Kier molecular flexibility index (Phi) is 3.96. The van der Waals surface area contributed by atoms with Crippen LogP contribution < -0.4 is 5.32 Å². The van der Waals surface area contributed by atoms with E-state index in [1.54, 1.807) is 6.20 Å². The van der Waals surface area contributed by atoms with Gasteiger partial charge in [0.25, 0.3) is 0 Å². The molecule has 3 heteroatoms. The minimum absolute atomic E-state index is 0.725. The normalized spacial score (nSPS) is 13.5. The van der Waals surface area contributed by atoms with E-state index in [0.717, 1.165) is 30.6 Å². The van der Waals surface area contributed by atoms with Crippen LogP contribution in [0.4, 0.5) is 0 Å². The molecule has 0 fully saturated rings. The van der Waals surface area contributed by atoms with Crippen molar-refractivity contribution in [3.05, 3.63) is 18.0 Å². The van der Waals surface area contributed by atoms with E-state index in [4.69, 9.17) is 0 Å². The highest BCUT2D eigenvalue weighted by molar-refractivity contribution is 4.96. The summed E-state index contributed by atoms with van der Waals surface area (Å²) in [6.45, 7) is 8.73. The van der Waals surface area contributed by atoms with Crippen molar-refractivity contribution in [2.45, 2.75) is 27.3 Å². The molecule has 1 aromatic rings. The molecular formula is C10H19N3. The maximum atomic E-state index is 3.89. The first-order valence-corrected chi connectivity index (χ1v) is 4.89. The lowest BCUT2D eigenvalue weighted by Gasteiger charge is -2.15. The third-order valence-corrected chi connectivity index (χ3v) is 2.48. The summed E-state index contributed by atoms with van der Waals surface area (Å²) in [4.78, 5) is 0. The molecule has 0 aliphatic rings. The van der Waals surface area contributed by atoms with Gasteiger partial charge < -0.3 is 5.32 Å². The van der Waals surface area contributed by atoms with Gasteiger partial charge in [0.1, 0.15) is 0 Å². The highest BCUT2D eigenvalue weighted by Gasteiger charge is 2.05. The van der Waals surface area contributed by atoms with Crippen molar-refractivity contribution in [2.75, 3.05) is 6.54 Å². The first-order valence-electron chi connectivity index (χ1n) is 4.89. The molecule has 0 aliphatic carbocycles. The second kappa shape index (κ2) is 5.02. The second-order valence-electron chi connectivity index (χ2n) is 3.93. The summed E-state index contributed by atoms with van der Waals surface area (Å²) in [5.41, 5.74) is 1.15. The van der Waals surface area contributed by atoms with E-state index in [0.29, 0.717) is 0 Å². The highest BCUT2D eigenvalue weighted by Crippen LogP contribution is 2.07. The van der Waals surface area contributed by atoms with Crippen LogP contribution in [0.2, 0.25) is 0 Å². The van der Waals surface area contributed by atoms with Crippen LogP contribution in [0.25, 0.3) is 0 Å². The Morgan fingerprint density at radius 1 is 1.46 bits per heavy atom. The van der Waals surface area contributed by atoms with Crippen molar-refractivity contribution >= 4 is 0 Å². The van der Waals surface area contributed by atoms with Crippen LogP contribution in [0.15, 0.2) is 12.3 Å². The molecule has 1 rings (SSSR count). The molecule has 1 unspecified atom stereocenters. The molecule has 1 aromatic heterocycles. The van der Waals surface area contributed by atoms with Crippen LogP contribution in [0.3, 0.4) is 0 Å². The zero-order chi connectivity index (χ0) is 9.68. The Morgan fingerprint density at radius 3 is 2.77 bits per heavy atom. The first kappa shape index (κ1) is 10.3. The summed E-state index contributed by atoms with van der Waals surface area (Å²) in [6, 6.07) is 1.99. The van der Waals surface area contributed by atoms with E-state index in [9.17, 15) is 0 Å². The zero-order valence-corrected chi connectivity index (χ0v) is 8.67. The Hall–Kier alpha value is -0.830. The zero-order valence-electron chi connectivity index (χ0n) is 8.67. The molecule has 0 aromatic carbocycles. The number of hydrogen-bond acceptors (Lipinski definition) is 2. The highest BCUT2D eigenvalue weighted by atomic mass is 15.1. The average Bonchev–Trinajstić information content (AvgIpc) is 2.56. The summed E-state index contributed by atoms with van der Waals surface area (Å²) in [5.74, 6) is 1.47. The summed E-state index contributed by atoms with van der Waals surface area (Å²) in [7, 11) is 0. The molecule has 1 atom stereocenters. The lowest BCUT2D eigenvalue weighted by molar-refractivity contribution is 0.391. The molecule has 0 saturated heterocycles. The molecule has 0 amide bonds. The summed E-state index contributed by atoms with van der Waals surface area (Å²) >= 11 is 0. The maximum Gasteiger partial charge on any atom is 0.0490 e. The molecule has 74 valence electrons. The van der Waals surface area contributed by atoms with E-state index in [1.165, 1.54) is 0 Å². The topological polar surface area (TPSA) is 40.7 Å². The molecule has 0 spiro atoms. The number of nitrogens with one attached hydrogen (secondary N) is 2. The Bertz CT molecular complexity index is 216. The Labute approximate surface area is 79.9 Å². The van der Waals surface area contributed by atoms with Crippen LogP contribution in [0, 0.1) is 11.8 Å². The monoisotopic (exact) mass is 181 g/mol. The number of hydrogen-bond donors (Lipinski definition) is 2. The molecule has 0 aliphatic heterocycles. The van der Waals surface area contributed by atoms with Gasteiger partial charge in [-0.2, -0.15) is 5.10 Å². The molecule has 2 N–H and O–H groups in total. The lowest BCUT2D eigenvalue weighted by atomic mass is 9.98. The third kappa shape index (κ3) is 3.59. The smallest absolute Gasteiger partial charge is 0.0490 e. The molecule has 0 bridgehead atoms. The molecular weight excluding hydrogens is 162 g/mol. The number of aromatic amines is 1. The van der Waals surface area contributed by atoms with Crippen LogP contribution >= 0.6 is 0 Å². The summed E-state index contributed by atoms with van der Waals surface area (Å²) in [6.07, 6.45) is 1.78. The summed E-state index contributed by atoms with van der Waals surface area (Å²) < 4.78 is 0. The largest absolute Gasteiger partial charge is 0.311 e. The van der Waals surface area contributed by atoms with Gasteiger partial charge in [0, 0.05) is 18.4 Å². The van der Waals surface area contributed by atoms with Crippen molar-refractivity contribution < 1.29 is 0 Å². The van der Waals surface area contributed by atoms with Crippen LogP contribution in [-0.2, 0) is 6.54 Å². The molecule has 1 heterocycles. The van der Waals surface area contributed by atoms with Crippen molar-refractivity contribution in [1.29, 1.82) is 0 Å². The average molecular weight is 181 g/mol. The minimum atomic E-state index is 0.725. The Balaban J connectivity index is 2.14. The Morgan fingerprint density at radius 2 is 2.23 bits per heavy atom. The van der Waals surface area contributed by atoms with Gasteiger partial charge >= 0.3 is 0 Å². The van der Waals surface area contributed by atoms with E-state index in [2.05, 4.69) is 36.3 Å². The predicted octanol–water partition coefficient (Wildman–Crippen LogP) is 1.79. The second-order valence-corrected chi connectivity index (χ2v) is 3.93. The number of aromatic nitrogens is 2. The number of rotatable bonds is 5. The summed E-state index contributed by atoms with van der Waals surface area (Å²) in [5, 5.41) is 10.2. The lowest BCUT2D eigenvalue weighted by Crippen LogP contribution is -2.23. The minimum Gasteiger partial charge on any atom is -0.311 e. The quantitative estimate of drug-likeness (QED) is 0.727. The van der Waals surface area contributed by atoms with Crippen molar-refractivity contribution in [2.24, 2.45) is 11.8 Å². The maximum absolute atomic E-state index is 3.89. The fourth-order valence-electron chi connectivity index (χ4n) is 1.05.